The fraction of sp³-hybridized carbons (Fsp3) is 0.455. The first kappa shape index (κ1) is 9.91. The Morgan fingerprint density at radius 2 is 2.40 bits per heavy atom. The quantitative estimate of drug-likeness (QED) is 0.702. The zero-order valence-electron chi connectivity index (χ0n) is 8.36. The minimum Gasteiger partial charge on any atom is -0.367 e. The molecule has 3 nitrogen and oxygen atoms in total. The van der Waals surface area contributed by atoms with Gasteiger partial charge in [-0.1, -0.05) is 0 Å². The summed E-state index contributed by atoms with van der Waals surface area (Å²) in [6, 6.07) is 5.45. The molecule has 1 aromatic rings. The molecule has 0 amide bonds. The van der Waals surface area contributed by atoms with E-state index in [-0.39, 0.29) is 0 Å². The molecule has 2 rings (SSSR count). The van der Waals surface area contributed by atoms with Gasteiger partial charge in [-0.3, -0.25) is 0 Å². The summed E-state index contributed by atoms with van der Waals surface area (Å²) in [5, 5.41) is 8.59. The molecule has 1 saturated heterocycles. The number of nitriles is 1. The van der Waals surface area contributed by atoms with Crippen LogP contribution in [0.2, 0.25) is 0 Å². The fourth-order valence-electron chi connectivity index (χ4n) is 1.80. The van der Waals surface area contributed by atoms with Crippen molar-refractivity contribution in [2.75, 3.05) is 18.0 Å². The van der Waals surface area contributed by atoms with E-state index in [0.717, 1.165) is 18.7 Å². The summed E-state index contributed by atoms with van der Waals surface area (Å²) in [5.74, 6) is 0. The molecule has 0 spiro atoms. The van der Waals surface area contributed by atoms with E-state index in [9.17, 15) is 4.39 Å². The monoisotopic (exact) mass is 205 g/mol. The van der Waals surface area contributed by atoms with Gasteiger partial charge >= 0.3 is 0 Å². The Morgan fingerprint density at radius 3 is 3.00 bits per heavy atom. The van der Waals surface area contributed by atoms with Crippen molar-refractivity contribution in [3.8, 4) is 6.07 Å². The second-order valence-electron chi connectivity index (χ2n) is 3.70. The maximum Gasteiger partial charge on any atom is 0.140 e. The summed E-state index contributed by atoms with van der Waals surface area (Å²) in [4.78, 5) is 5.95. The lowest BCUT2D eigenvalue weighted by molar-refractivity contribution is 0.287. The summed E-state index contributed by atoms with van der Waals surface area (Å²) < 4.78 is 13.2. The molecule has 1 aliphatic rings. The molecule has 15 heavy (non-hydrogen) atoms. The number of anilines is 1. The van der Waals surface area contributed by atoms with Gasteiger partial charge in [-0.25, -0.2) is 9.37 Å². The molecular weight excluding hydrogens is 193 g/mol. The molecule has 2 heterocycles. The standard InChI is InChI=1S/C11H12FN3/c12-9-2-1-5-15(8-9)11-4-3-10(6-13)14-7-11/h3-4,7,9H,1-2,5,8H2/t9-/m0/s1. The van der Waals surface area contributed by atoms with Gasteiger partial charge < -0.3 is 4.90 Å². The van der Waals surface area contributed by atoms with Crippen molar-refractivity contribution in [1.82, 2.24) is 4.98 Å². The molecule has 0 unspecified atom stereocenters. The van der Waals surface area contributed by atoms with Crippen LogP contribution in [0.1, 0.15) is 18.5 Å². The van der Waals surface area contributed by atoms with E-state index in [1.54, 1.807) is 12.3 Å². The molecule has 78 valence electrons. The van der Waals surface area contributed by atoms with Crippen LogP contribution in [0.15, 0.2) is 18.3 Å². The van der Waals surface area contributed by atoms with E-state index in [2.05, 4.69) is 4.98 Å². The van der Waals surface area contributed by atoms with Gasteiger partial charge in [0.1, 0.15) is 17.9 Å². The SMILES string of the molecule is N#Cc1ccc(N2CCC[C@H](F)C2)cn1. The van der Waals surface area contributed by atoms with Crippen molar-refractivity contribution in [3.05, 3.63) is 24.0 Å². The van der Waals surface area contributed by atoms with E-state index in [0.29, 0.717) is 18.7 Å². The van der Waals surface area contributed by atoms with Crippen molar-refractivity contribution in [1.29, 1.82) is 5.26 Å². The van der Waals surface area contributed by atoms with Crippen molar-refractivity contribution >= 4 is 5.69 Å². The van der Waals surface area contributed by atoms with Crippen molar-refractivity contribution in [3.63, 3.8) is 0 Å². The Balaban J connectivity index is 2.12. The highest BCUT2D eigenvalue weighted by atomic mass is 19.1. The van der Waals surface area contributed by atoms with Crippen LogP contribution in [0.25, 0.3) is 0 Å². The number of nitrogens with zero attached hydrogens (tertiary/aromatic N) is 3. The molecule has 0 saturated carbocycles. The number of hydrogen-bond donors (Lipinski definition) is 0. The van der Waals surface area contributed by atoms with Gasteiger partial charge in [0, 0.05) is 13.1 Å². The predicted molar refractivity (Wildman–Crippen MR) is 55.3 cm³/mol. The van der Waals surface area contributed by atoms with E-state index < -0.39 is 6.17 Å². The minimum atomic E-state index is -0.741. The zero-order valence-corrected chi connectivity index (χ0v) is 8.36. The average molecular weight is 205 g/mol. The zero-order chi connectivity index (χ0) is 10.7. The Hall–Kier alpha value is -1.63. The third-order valence-electron chi connectivity index (χ3n) is 2.59. The number of pyridine rings is 1. The van der Waals surface area contributed by atoms with Crippen molar-refractivity contribution in [2.24, 2.45) is 0 Å². The molecule has 0 N–H and O–H groups in total. The first-order valence-corrected chi connectivity index (χ1v) is 5.05. The van der Waals surface area contributed by atoms with Crippen LogP contribution in [-0.2, 0) is 0 Å². The van der Waals surface area contributed by atoms with E-state index in [1.807, 2.05) is 17.0 Å². The first-order chi connectivity index (χ1) is 7.29. The third-order valence-corrected chi connectivity index (χ3v) is 2.59. The van der Waals surface area contributed by atoms with Gasteiger partial charge in [0.05, 0.1) is 11.9 Å². The van der Waals surface area contributed by atoms with Gasteiger partial charge in [-0.2, -0.15) is 5.26 Å². The highest BCUT2D eigenvalue weighted by Gasteiger charge is 2.19. The number of piperidine rings is 1. The first-order valence-electron chi connectivity index (χ1n) is 5.05. The van der Waals surface area contributed by atoms with Crippen LogP contribution in [0.3, 0.4) is 0 Å². The maximum atomic E-state index is 13.2. The fourth-order valence-corrected chi connectivity index (χ4v) is 1.80. The highest BCUT2D eigenvalue weighted by molar-refractivity contribution is 5.46. The number of aromatic nitrogens is 1. The van der Waals surface area contributed by atoms with Crippen LogP contribution in [0, 0.1) is 11.3 Å². The lowest BCUT2D eigenvalue weighted by Crippen LogP contribution is -2.36. The highest BCUT2D eigenvalue weighted by Crippen LogP contribution is 2.20. The molecule has 0 aliphatic carbocycles. The largest absolute Gasteiger partial charge is 0.367 e. The Labute approximate surface area is 88.2 Å². The smallest absolute Gasteiger partial charge is 0.140 e. The summed E-state index contributed by atoms with van der Waals surface area (Å²) in [7, 11) is 0. The van der Waals surface area contributed by atoms with Gasteiger partial charge in [0.15, 0.2) is 0 Å². The van der Waals surface area contributed by atoms with Crippen LogP contribution in [0.5, 0.6) is 0 Å². The van der Waals surface area contributed by atoms with Gasteiger partial charge in [0.25, 0.3) is 0 Å². The van der Waals surface area contributed by atoms with Crippen LogP contribution >= 0.6 is 0 Å². The van der Waals surface area contributed by atoms with Gasteiger partial charge in [0.2, 0.25) is 0 Å². The summed E-state index contributed by atoms with van der Waals surface area (Å²) in [6.07, 6.45) is 2.42. The van der Waals surface area contributed by atoms with Crippen molar-refractivity contribution in [2.45, 2.75) is 19.0 Å². The van der Waals surface area contributed by atoms with Crippen LogP contribution in [0.4, 0.5) is 10.1 Å². The lowest BCUT2D eigenvalue weighted by atomic mass is 10.1. The second-order valence-corrected chi connectivity index (χ2v) is 3.70. The number of rotatable bonds is 1. The number of halogens is 1. The predicted octanol–water partition coefficient (Wildman–Crippen LogP) is 1.89. The normalized spacial score (nSPS) is 21.1. The molecule has 1 fully saturated rings. The number of hydrogen-bond acceptors (Lipinski definition) is 3. The Kier molecular flexibility index (Phi) is 2.82. The van der Waals surface area contributed by atoms with Gasteiger partial charge in [-0.15, -0.1) is 0 Å². The summed E-state index contributed by atoms with van der Waals surface area (Å²) in [6.45, 7) is 1.31. The Morgan fingerprint density at radius 1 is 1.53 bits per heavy atom. The second kappa shape index (κ2) is 4.26. The topological polar surface area (TPSA) is 39.9 Å². The lowest BCUT2D eigenvalue weighted by Gasteiger charge is -2.30. The van der Waals surface area contributed by atoms with Crippen molar-refractivity contribution < 1.29 is 4.39 Å². The Bertz CT molecular complexity index is 368. The van der Waals surface area contributed by atoms with E-state index in [1.165, 1.54) is 0 Å². The summed E-state index contributed by atoms with van der Waals surface area (Å²) in [5.41, 5.74) is 1.30. The molecule has 4 heteroatoms. The molecule has 1 aromatic heterocycles. The summed E-state index contributed by atoms with van der Waals surface area (Å²) >= 11 is 0. The molecule has 1 atom stereocenters. The van der Waals surface area contributed by atoms with Gasteiger partial charge in [-0.05, 0) is 25.0 Å². The molecule has 0 aromatic carbocycles. The number of alkyl halides is 1. The molecule has 1 aliphatic heterocycles. The molecular formula is C11H12FN3. The molecule has 0 bridgehead atoms. The third kappa shape index (κ3) is 2.24. The maximum absolute atomic E-state index is 13.2. The van der Waals surface area contributed by atoms with E-state index in [4.69, 9.17) is 5.26 Å². The minimum absolute atomic E-state index is 0.396. The van der Waals surface area contributed by atoms with E-state index >= 15 is 0 Å². The van der Waals surface area contributed by atoms with Crippen LogP contribution < -0.4 is 4.90 Å². The molecule has 0 radical (unpaired) electrons. The van der Waals surface area contributed by atoms with Crippen LogP contribution in [-0.4, -0.2) is 24.2 Å². The average Bonchev–Trinajstić information content (AvgIpc) is 2.29.